The number of likely N-dealkylation sites (tertiary alicyclic amines) is 1. The number of hydrogen-bond donors (Lipinski definition) is 3. The van der Waals surface area contributed by atoms with Gasteiger partial charge in [-0.25, -0.2) is 9.78 Å². The number of carbonyl (C=O) groups excluding carboxylic acids is 4. The molecule has 318 valence electrons. The fourth-order valence-electron chi connectivity index (χ4n) is 8.36. The molecule has 2 aromatic heterocycles. The number of piperidine rings is 1. The van der Waals surface area contributed by atoms with Gasteiger partial charge in [0.15, 0.2) is 0 Å². The summed E-state index contributed by atoms with van der Waals surface area (Å²) >= 11 is 0. The van der Waals surface area contributed by atoms with Gasteiger partial charge in [-0.1, -0.05) is 42.5 Å². The Labute approximate surface area is 361 Å². The molecule has 3 saturated heterocycles. The highest BCUT2D eigenvalue weighted by molar-refractivity contribution is 6.05. The molecule has 0 saturated carbocycles. The molecule has 5 amide bonds. The third kappa shape index (κ3) is 10.5. The Kier molecular flexibility index (Phi) is 13.3. The van der Waals surface area contributed by atoms with Crippen LogP contribution in [0.1, 0.15) is 42.0 Å². The third-order valence-corrected chi connectivity index (χ3v) is 12.0. The highest BCUT2D eigenvalue weighted by Gasteiger charge is 2.28. The molecule has 3 aliphatic heterocycles. The average molecular weight is 834 g/mol. The van der Waals surface area contributed by atoms with Crippen LogP contribution in [-0.4, -0.2) is 107 Å². The van der Waals surface area contributed by atoms with Crippen LogP contribution in [0.25, 0.3) is 11.1 Å². The van der Waals surface area contributed by atoms with Gasteiger partial charge in [0.05, 0.1) is 17.8 Å². The number of amides is 5. The van der Waals surface area contributed by atoms with E-state index in [0.717, 1.165) is 92.3 Å². The molecule has 3 N–H and O–H groups in total. The van der Waals surface area contributed by atoms with Gasteiger partial charge in [0, 0.05) is 100 Å². The Morgan fingerprint density at radius 3 is 2.26 bits per heavy atom. The van der Waals surface area contributed by atoms with E-state index in [-0.39, 0.29) is 30.3 Å². The normalized spacial score (nSPS) is 16.7. The minimum absolute atomic E-state index is 0.0572. The van der Waals surface area contributed by atoms with Crippen LogP contribution in [-0.2, 0) is 27.3 Å². The molecular formula is C47H51N11O4. The molecule has 15 heteroatoms. The number of imide groups is 1. The van der Waals surface area contributed by atoms with E-state index in [4.69, 9.17) is 5.26 Å². The van der Waals surface area contributed by atoms with E-state index in [1.807, 2.05) is 83.9 Å². The summed E-state index contributed by atoms with van der Waals surface area (Å²) < 4.78 is 1.67. The van der Waals surface area contributed by atoms with Crippen molar-refractivity contribution in [2.45, 2.75) is 38.3 Å². The molecule has 0 bridgehead atoms. The van der Waals surface area contributed by atoms with Crippen molar-refractivity contribution < 1.29 is 19.2 Å². The van der Waals surface area contributed by atoms with Gasteiger partial charge in [-0.3, -0.25) is 34.2 Å². The van der Waals surface area contributed by atoms with Crippen LogP contribution in [0.2, 0.25) is 0 Å². The summed E-state index contributed by atoms with van der Waals surface area (Å²) in [5.74, 6) is 0.571. The van der Waals surface area contributed by atoms with Gasteiger partial charge >= 0.3 is 6.03 Å². The van der Waals surface area contributed by atoms with E-state index in [1.165, 1.54) is 0 Å². The summed E-state index contributed by atoms with van der Waals surface area (Å²) in [6, 6.07) is 29.8. The number of pyridine rings is 1. The Bertz CT molecular complexity index is 2360. The minimum atomic E-state index is -0.592. The molecule has 5 aromatic rings. The van der Waals surface area contributed by atoms with Gasteiger partial charge in [0.1, 0.15) is 18.4 Å². The first-order chi connectivity index (χ1) is 30.3. The lowest BCUT2D eigenvalue weighted by atomic mass is 9.96. The molecule has 0 spiro atoms. The number of piperazine rings is 1. The Hall–Kier alpha value is -6.89. The van der Waals surface area contributed by atoms with Crippen LogP contribution < -0.4 is 25.8 Å². The maximum atomic E-state index is 13.5. The SMILES string of the molecule is N#Cc1ccc(CCNC(C(=O)Nc2ccc(-c3cnn(CC(=O)N4CCC(CN5CCN(c6ccc(N7CCC(=O)NC7=O)cc6)CC5)CC4)c3)cn2)c2ccccc2)cc1. The lowest BCUT2D eigenvalue weighted by Crippen LogP contribution is -2.50. The van der Waals surface area contributed by atoms with Crippen LogP contribution in [0.15, 0.2) is 110 Å². The van der Waals surface area contributed by atoms with Crippen molar-refractivity contribution in [2.24, 2.45) is 5.92 Å². The standard InChI is InChI=1S/C47H51N11O4/c48-28-35-8-6-34(7-9-35)16-20-49-45(37-4-2-1-3-5-37)46(61)52-42-15-10-38(29-50-42)39-30-51-57(32-39)33-44(60)56-21-17-36(18-22-56)31-54-24-26-55(27-25-54)40-11-13-41(14-12-40)58-23-19-43(59)53-47(58)62/h1-15,29-30,32,36,45,49H,16-27,31,33H2,(H,50,52,61)(H,53,59,62). The van der Waals surface area contributed by atoms with Crippen molar-refractivity contribution in [1.29, 1.82) is 5.26 Å². The number of nitriles is 1. The van der Waals surface area contributed by atoms with Crippen LogP contribution >= 0.6 is 0 Å². The smallest absolute Gasteiger partial charge is 0.328 e. The lowest BCUT2D eigenvalue weighted by Gasteiger charge is -2.39. The zero-order chi connectivity index (χ0) is 42.8. The van der Waals surface area contributed by atoms with Crippen molar-refractivity contribution in [2.75, 3.05) is 74.0 Å². The van der Waals surface area contributed by atoms with E-state index in [0.29, 0.717) is 43.2 Å². The highest BCUT2D eigenvalue weighted by Crippen LogP contribution is 2.26. The first kappa shape index (κ1) is 41.8. The molecule has 15 nitrogen and oxygen atoms in total. The molecular weight excluding hydrogens is 783 g/mol. The summed E-state index contributed by atoms with van der Waals surface area (Å²) in [6.45, 7) is 7.42. The van der Waals surface area contributed by atoms with Crippen LogP contribution in [0, 0.1) is 17.2 Å². The third-order valence-electron chi connectivity index (χ3n) is 12.0. The molecule has 3 fully saturated rings. The molecule has 8 rings (SSSR count). The summed E-state index contributed by atoms with van der Waals surface area (Å²) in [4.78, 5) is 63.6. The van der Waals surface area contributed by atoms with Crippen LogP contribution in [0.4, 0.5) is 22.0 Å². The second-order valence-corrected chi connectivity index (χ2v) is 16.1. The zero-order valence-corrected chi connectivity index (χ0v) is 34.7. The first-order valence-electron chi connectivity index (χ1n) is 21.3. The first-order valence-corrected chi connectivity index (χ1v) is 21.3. The lowest BCUT2D eigenvalue weighted by molar-refractivity contribution is -0.133. The predicted molar refractivity (Wildman–Crippen MR) is 236 cm³/mol. The molecule has 3 aromatic carbocycles. The number of urea groups is 1. The average Bonchev–Trinajstić information content (AvgIpc) is 3.77. The number of hydrogen-bond acceptors (Lipinski definition) is 10. The topological polar surface area (TPSA) is 172 Å². The largest absolute Gasteiger partial charge is 0.369 e. The second kappa shape index (κ2) is 19.7. The van der Waals surface area contributed by atoms with E-state index in [2.05, 4.69) is 41.9 Å². The fourth-order valence-corrected chi connectivity index (χ4v) is 8.36. The van der Waals surface area contributed by atoms with Crippen LogP contribution in [0.5, 0.6) is 0 Å². The van der Waals surface area contributed by atoms with Gasteiger partial charge < -0.3 is 20.4 Å². The molecule has 1 atom stereocenters. The van der Waals surface area contributed by atoms with Crippen LogP contribution in [0.3, 0.4) is 0 Å². The van der Waals surface area contributed by atoms with Gasteiger partial charge in [0.25, 0.3) is 0 Å². The van der Waals surface area contributed by atoms with E-state index in [9.17, 15) is 19.2 Å². The van der Waals surface area contributed by atoms with Gasteiger partial charge in [0.2, 0.25) is 17.7 Å². The number of carbonyl (C=O) groups is 4. The molecule has 0 aliphatic carbocycles. The summed E-state index contributed by atoms with van der Waals surface area (Å²) in [7, 11) is 0. The maximum Gasteiger partial charge on any atom is 0.328 e. The maximum absolute atomic E-state index is 13.5. The van der Waals surface area contributed by atoms with E-state index < -0.39 is 6.04 Å². The van der Waals surface area contributed by atoms with E-state index >= 15 is 0 Å². The minimum Gasteiger partial charge on any atom is -0.369 e. The number of benzene rings is 3. The van der Waals surface area contributed by atoms with E-state index in [1.54, 1.807) is 40.2 Å². The zero-order valence-electron chi connectivity index (χ0n) is 34.7. The Morgan fingerprint density at radius 1 is 0.823 bits per heavy atom. The van der Waals surface area contributed by atoms with Gasteiger partial charge in [-0.05, 0) is 84.8 Å². The van der Waals surface area contributed by atoms with Crippen molar-refractivity contribution in [3.05, 3.63) is 126 Å². The van der Waals surface area contributed by atoms with Crippen molar-refractivity contribution in [1.82, 2.24) is 35.2 Å². The quantitative estimate of drug-likeness (QED) is 0.141. The second-order valence-electron chi connectivity index (χ2n) is 16.1. The van der Waals surface area contributed by atoms with Crippen molar-refractivity contribution in [3.8, 4) is 17.2 Å². The van der Waals surface area contributed by atoms with Gasteiger partial charge in [-0.2, -0.15) is 10.4 Å². The summed E-state index contributed by atoms with van der Waals surface area (Å²) in [6.07, 6.45) is 8.23. The number of nitrogens with zero attached hydrogens (tertiary/aromatic N) is 8. The van der Waals surface area contributed by atoms with Crippen molar-refractivity contribution in [3.63, 3.8) is 0 Å². The number of aromatic nitrogens is 3. The Balaban J connectivity index is 0.761. The van der Waals surface area contributed by atoms with Gasteiger partial charge in [-0.15, -0.1) is 0 Å². The highest BCUT2D eigenvalue weighted by atomic mass is 16.2. The molecule has 0 radical (unpaired) electrons. The fraction of sp³-hybridized carbons (Fsp3) is 0.340. The molecule has 1 unspecified atom stereocenters. The number of anilines is 3. The molecule has 62 heavy (non-hydrogen) atoms. The number of nitrogens with one attached hydrogen (secondary N) is 3. The summed E-state index contributed by atoms with van der Waals surface area (Å²) in [5.41, 5.74) is 6.10. The van der Waals surface area contributed by atoms with Crippen molar-refractivity contribution >= 4 is 40.9 Å². The Morgan fingerprint density at radius 2 is 1.56 bits per heavy atom. The monoisotopic (exact) mass is 833 g/mol. The predicted octanol–water partition coefficient (Wildman–Crippen LogP) is 4.84. The number of rotatable bonds is 14. The summed E-state index contributed by atoms with van der Waals surface area (Å²) in [5, 5.41) is 22.3. The molecule has 5 heterocycles. The molecule has 3 aliphatic rings.